The first kappa shape index (κ1) is 16.9. The SMILES string of the molecule is CN(CC1(O)CCCN(c2ccc(F)cn2)C1)C(=O)c1cccs1. The van der Waals surface area contributed by atoms with E-state index in [2.05, 4.69) is 4.98 Å². The van der Waals surface area contributed by atoms with Gasteiger partial charge in [-0.25, -0.2) is 9.37 Å². The Morgan fingerprint density at radius 1 is 1.50 bits per heavy atom. The Bertz CT molecular complexity index is 692. The van der Waals surface area contributed by atoms with Crippen LogP contribution in [0.4, 0.5) is 10.2 Å². The van der Waals surface area contributed by atoms with Crippen LogP contribution in [0.15, 0.2) is 35.8 Å². The van der Waals surface area contributed by atoms with Gasteiger partial charge in [-0.3, -0.25) is 4.79 Å². The van der Waals surface area contributed by atoms with Crippen molar-refractivity contribution in [3.05, 3.63) is 46.5 Å². The zero-order chi connectivity index (χ0) is 17.2. The fraction of sp³-hybridized carbons (Fsp3) is 0.412. The van der Waals surface area contributed by atoms with Crippen LogP contribution in [0.2, 0.25) is 0 Å². The summed E-state index contributed by atoms with van der Waals surface area (Å²) < 4.78 is 13.0. The second kappa shape index (κ2) is 6.86. The summed E-state index contributed by atoms with van der Waals surface area (Å²) in [6.07, 6.45) is 2.58. The van der Waals surface area contributed by atoms with E-state index in [1.165, 1.54) is 23.6 Å². The number of carbonyl (C=O) groups excluding carboxylic acids is 1. The van der Waals surface area contributed by atoms with Gasteiger partial charge in [0.2, 0.25) is 0 Å². The Morgan fingerprint density at radius 2 is 2.33 bits per heavy atom. The maximum absolute atomic E-state index is 13.0. The highest BCUT2D eigenvalue weighted by molar-refractivity contribution is 7.12. The first-order valence-electron chi connectivity index (χ1n) is 7.85. The van der Waals surface area contributed by atoms with Crippen molar-refractivity contribution in [3.63, 3.8) is 0 Å². The zero-order valence-electron chi connectivity index (χ0n) is 13.5. The number of anilines is 1. The highest BCUT2D eigenvalue weighted by Crippen LogP contribution is 2.26. The van der Waals surface area contributed by atoms with Gasteiger partial charge in [0.05, 0.1) is 23.2 Å². The summed E-state index contributed by atoms with van der Waals surface area (Å²) in [4.78, 5) is 20.6. The molecule has 0 aliphatic carbocycles. The lowest BCUT2D eigenvalue weighted by Crippen LogP contribution is -2.54. The van der Waals surface area contributed by atoms with E-state index in [0.29, 0.717) is 23.7 Å². The largest absolute Gasteiger partial charge is 0.386 e. The number of hydrogen-bond donors (Lipinski definition) is 1. The third-order valence-corrected chi connectivity index (χ3v) is 5.06. The van der Waals surface area contributed by atoms with E-state index in [9.17, 15) is 14.3 Å². The molecule has 1 fully saturated rings. The van der Waals surface area contributed by atoms with Gasteiger partial charge in [-0.2, -0.15) is 0 Å². The van der Waals surface area contributed by atoms with Gasteiger partial charge in [0, 0.05) is 20.1 Å². The molecular formula is C17H20FN3O2S. The van der Waals surface area contributed by atoms with Crippen molar-refractivity contribution < 1.29 is 14.3 Å². The fourth-order valence-electron chi connectivity index (χ4n) is 3.09. The molecular weight excluding hydrogens is 329 g/mol. The number of halogens is 1. The first-order chi connectivity index (χ1) is 11.5. The topological polar surface area (TPSA) is 56.7 Å². The number of amides is 1. The Morgan fingerprint density at radius 3 is 3.00 bits per heavy atom. The second-order valence-corrected chi connectivity index (χ2v) is 7.17. The van der Waals surface area contributed by atoms with E-state index >= 15 is 0 Å². The Labute approximate surface area is 144 Å². The molecule has 1 N–H and O–H groups in total. The van der Waals surface area contributed by atoms with Gasteiger partial charge in [-0.15, -0.1) is 11.3 Å². The monoisotopic (exact) mass is 349 g/mol. The number of pyridine rings is 1. The van der Waals surface area contributed by atoms with Crippen LogP contribution in [-0.4, -0.2) is 53.2 Å². The molecule has 1 aliphatic rings. The van der Waals surface area contributed by atoms with Gasteiger partial charge >= 0.3 is 0 Å². The molecule has 24 heavy (non-hydrogen) atoms. The van der Waals surface area contributed by atoms with Gasteiger partial charge in [0.25, 0.3) is 5.91 Å². The van der Waals surface area contributed by atoms with Crippen LogP contribution in [0.1, 0.15) is 22.5 Å². The molecule has 5 nitrogen and oxygen atoms in total. The smallest absolute Gasteiger partial charge is 0.263 e. The fourth-order valence-corrected chi connectivity index (χ4v) is 3.81. The maximum Gasteiger partial charge on any atom is 0.263 e. The summed E-state index contributed by atoms with van der Waals surface area (Å²) in [6, 6.07) is 6.59. The lowest BCUT2D eigenvalue weighted by Gasteiger charge is -2.41. The van der Waals surface area contributed by atoms with E-state index < -0.39 is 5.60 Å². The molecule has 0 radical (unpaired) electrons. The number of thiophene rings is 1. The number of β-amino-alcohol motifs (C(OH)–C–C–N with tert-alkyl or cyclic N) is 1. The van der Waals surface area contributed by atoms with Crippen molar-refractivity contribution in [3.8, 4) is 0 Å². The average Bonchev–Trinajstić information content (AvgIpc) is 3.08. The molecule has 1 amide bonds. The lowest BCUT2D eigenvalue weighted by molar-refractivity contribution is -0.0000117. The van der Waals surface area contributed by atoms with Crippen LogP contribution >= 0.6 is 11.3 Å². The quantitative estimate of drug-likeness (QED) is 0.921. The number of aliphatic hydroxyl groups is 1. The molecule has 2 aromatic heterocycles. The number of aromatic nitrogens is 1. The predicted octanol–water partition coefficient (Wildman–Crippen LogP) is 2.39. The average molecular weight is 349 g/mol. The summed E-state index contributed by atoms with van der Waals surface area (Å²) in [5.41, 5.74) is -1.00. The van der Waals surface area contributed by atoms with Crippen molar-refractivity contribution >= 4 is 23.1 Å². The van der Waals surface area contributed by atoms with Crippen LogP contribution in [0.25, 0.3) is 0 Å². The van der Waals surface area contributed by atoms with Gasteiger partial charge in [0.1, 0.15) is 11.6 Å². The molecule has 1 unspecified atom stereocenters. The van der Waals surface area contributed by atoms with Gasteiger partial charge in [-0.05, 0) is 36.4 Å². The second-order valence-electron chi connectivity index (χ2n) is 6.22. The molecule has 3 rings (SSSR count). The van der Waals surface area contributed by atoms with E-state index in [-0.39, 0.29) is 18.3 Å². The molecule has 1 atom stereocenters. The standard InChI is InChI=1S/C17H20FN3O2S/c1-20(16(22)14-4-2-9-24-14)11-17(23)7-3-8-21(12-17)15-6-5-13(18)10-19-15/h2,4-6,9-10,23H,3,7-8,11-12H2,1H3. The summed E-state index contributed by atoms with van der Waals surface area (Å²) in [7, 11) is 1.70. The molecule has 2 aromatic rings. The minimum atomic E-state index is -1.00. The number of nitrogens with zero attached hydrogens (tertiary/aromatic N) is 3. The van der Waals surface area contributed by atoms with Crippen molar-refractivity contribution in [2.75, 3.05) is 31.6 Å². The van der Waals surface area contributed by atoms with Crippen molar-refractivity contribution in [1.82, 2.24) is 9.88 Å². The summed E-state index contributed by atoms with van der Waals surface area (Å²) in [5.74, 6) is 0.171. The van der Waals surface area contributed by atoms with Crippen LogP contribution < -0.4 is 4.90 Å². The van der Waals surface area contributed by atoms with Crippen molar-refractivity contribution in [2.24, 2.45) is 0 Å². The number of carbonyl (C=O) groups is 1. The highest BCUT2D eigenvalue weighted by atomic mass is 32.1. The molecule has 128 valence electrons. The van der Waals surface area contributed by atoms with Gasteiger partial charge in [0.15, 0.2) is 0 Å². The van der Waals surface area contributed by atoms with Gasteiger partial charge in [-0.1, -0.05) is 6.07 Å². The van der Waals surface area contributed by atoms with Crippen LogP contribution in [-0.2, 0) is 0 Å². The van der Waals surface area contributed by atoms with E-state index in [1.807, 2.05) is 16.3 Å². The minimum Gasteiger partial charge on any atom is -0.386 e. The Hall–Kier alpha value is -1.99. The van der Waals surface area contributed by atoms with E-state index in [1.54, 1.807) is 24.1 Å². The maximum atomic E-state index is 13.0. The van der Waals surface area contributed by atoms with E-state index in [4.69, 9.17) is 0 Å². The molecule has 1 aliphatic heterocycles. The first-order valence-corrected chi connectivity index (χ1v) is 8.73. The van der Waals surface area contributed by atoms with Crippen molar-refractivity contribution in [1.29, 1.82) is 0 Å². The molecule has 3 heterocycles. The minimum absolute atomic E-state index is 0.0875. The number of hydrogen-bond acceptors (Lipinski definition) is 5. The van der Waals surface area contributed by atoms with Crippen LogP contribution in [0.5, 0.6) is 0 Å². The van der Waals surface area contributed by atoms with Gasteiger partial charge < -0.3 is 14.9 Å². The third kappa shape index (κ3) is 3.73. The molecule has 7 heteroatoms. The number of likely N-dealkylation sites (N-methyl/N-ethyl adjacent to an activating group) is 1. The Kier molecular flexibility index (Phi) is 4.82. The number of rotatable bonds is 4. The third-order valence-electron chi connectivity index (χ3n) is 4.20. The molecule has 0 aromatic carbocycles. The van der Waals surface area contributed by atoms with E-state index in [0.717, 1.165) is 13.0 Å². The van der Waals surface area contributed by atoms with Crippen molar-refractivity contribution in [2.45, 2.75) is 18.4 Å². The summed E-state index contributed by atoms with van der Waals surface area (Å²) in [6.45, 7) is 1.37. The molecule has 0 spiro atoms. The molecule has 1 saturated heterocycles. The van der Waals surface area contributed by atoms with Crippen LogP contribution in [0, 0.1) is 5.82 Å². The molecule has 0 bridgehead atoms. The van der Waals surface area contributed by atoms with Crippen LogP contribution in [0.3, 0.4) is 0 Å². The normalized spacial score (nSPS) is 20.9. The zero-order valence-corrected chi connectivity index (χ0v) is 14.3. The Balaban J connectivity index is 1.68. The lowest BCUT2D eigenvalue weighted by atomic mass is 9.92. The summed E-state index contributed by atoms with van der Waals surface area (Å²) in [5, 5.41) is 12.8. The highest BCUT2D eigenvalue weighted by Gasteiger charge is 2.36. The summed E-state index contributed by atoms with van der Waals surface area (Å²) >= 11 is 1.39. The number of piperidine rings is 1. The predicted molar refractivity (Wildman–Crippen MR) is 91.9 cm³/mol. The molecule has 0 saturated carbocycles.